The van der Waals surface area contributed by atoms with E-state index in [9.17, 15) is 4.79 Å². The summed E-state index contributed by atoms with van der Waals surface area (Å²) >= 11 is 0. The Hall–Kier alpha value is -4.32. The van der Waals surface area contributed by atoms with E-state index in [1.165, 1.54) is 0 Å². The molecule has 2 atom stereocenters. The van der Waals surface area contributed by atoms with Crippen LogP contribution < -0.4 is 20.4 Å². The molecule has 4 aromatic rings. The highest BCUT2D eigenvalue weighted by Crippen LogP contribution is 2.34. The van der Waals surface area contributed by atoms with Crippen molar-refractivity contribution in [1.82, 2.24) is 40.7 Å². The highest BCUT2D eigenvalue weighted by Gasteiger charge is 2.32. The van der Waals surface area contributed by atoms with E-state index in [1.807, 2.05) is 56.3 Å². The number of benzene rings is 1. The van der Waals surface area contributed by atoms with Gasteiger partial charge in [-0.2, -0.15) is 5.10 Å². The summed E-state index contributed by atoms with van der Waals surface area (Å²) in [5, 5.41) is 27.1. The Kier molecular flexibility index (Phi) is 5.60. The van der Waals surface area contributed by atoms with E-state index in [1.54, 1.807) is 4.68 Å². The highest BCUT2D eigenvalue weighted by molar-refractivity contribution is 6.07. The van der Waals surface area contributed by atoms with E-state index in [0.717, 1.165) is 53.3 Å². The lowest BCUT2D eigenvalue weighted by Crippen LogP contribution is -2.49. The Labute approximate surface area is 213 Å². The number of hydrogen-bond acceptors (Lipinski definition) is 9. The largest absolute Gasteiger partial charge is 0.354 e. The molecule has 0 aliphatic carbocycles. The van der Waals surface area contributed by atoms with Gasteiger partial charge in [-0.25, -0.2) is 9.67 Å². The third-order valence-corrected chi connectivity index (χ3v) is 7.23. The minimum atomic E-state index is -0.294. The smallest absolute Gasteiger partial charge is 0.255 e. The minimum absolute atomic E-state index is 0.193. The van der Waals surface area contributed by atoms with Crippen LogP contribution in [0.15, 0.2) is 47.8 Å². The number of H-pyrrole nitrogens is 1. The summed E-state index contributed by atoms with van der Waals surface area (Å²) in [5.41, 5.74) is 4.78. The monoisotopic (exact) mass is 499 g/mol. The Bertz CT molecular complexity index is 1520. The number of nitrogens with zero attached hydrogens (tertiary/aromatic N) is 8. The Morgan fingerprint density at radius 3 is 2.89 bits per heavy atom. The average molecular weight is 500 g/mol. The second kappa shape index (κ2) is 8.96. The molecule has 190 valence electrons. The van der Waals surface area contributed by atoms with E-state index < -0.39 is 0 Å². The molecule has 0 unspecified atom stereocenters. The molecule has 12 heteroatoms. The van der Waals surface area contributed by atoms with Gasteiger partial charge in [-0.05, 0) is 61.5 Å². The zero-order valence-corrected chi connectivity index (χ0v) is 21.2. The number of carbonyl (C=O) groups is 1. The predicted octanol–water partition coefficient (Wildman–Crippen LogP) is 2.33. The summed E-state index contributed by atoms with van der Waals surface area (Å²) in [5.74, 6) is 1.35. The van der Waals surface area contributed by atoms with Crippen molar-refractivity contribution in [2.75, 3.05) is 41.8 Å². The number of fused-ring (bicyclic) bond motifs is 2. The van der Waals surface area contributed by atoms with Crippen molar-refractivity contribution in [3.63, 3.8) is 0 Å². The first-order chi connectivity index (χ1) is 17.9. The molecule has 3 N–H and O–H groups in total. The average Bonchev–Trinajstić information content (AvgIpc) is 3.55. The second-order valence-corrected chi connectivity index (χ2v) is 9.65. The Balaban J connectivity index is 1.29. The number of amides is 1. The van der Waals surface area contributed by atoms with Crippen LogP contribution in [-0.4, -0.2) is 74.0 Å². The maximum Gasteiger partial charge on any atom is 0.255 e. The van der Waals surface area contributed by atoms with Gasteiger partial charge < -0.3 is 20.4 Å². The van der Waals surface area contributed by atoms with E-state index in [2.05, 4.69) is 59.2 Å². The van der Waals surface area contributed by atoms with E-state index in [-0.39, 0.29) is 11.9 Å². The van der Waals surface area contributed by atoms with Crippen molar-refractivity contribution < 1.29 is 4.79 Å². The number of rotatable bonds is 4. The van der Waals surface area contributed by atoms with Crippen LogP contribution in [0.1, 0.15) is 26.8 Å². The van der Waals surface area contributed by atoms with Crippen molar-refractivity contribution in [3.05, 3.63) is 47.8 Å². The Morgan fingerprint density at radius 2 is 2.05 bits per heavy atom. The van der Waals surface area contributed by atoms with Gasteiger partial charge in [0.1, 0.15) is 11.5 Å². The van der Waals surface area contributed by atoms with Crippen LogP contribution in [0, 0.1) is 0 Å². The fourth-order valence-electron chi connectivity index (χ4n) is 5.16. The number of allylic oxidation sites excluding steroid dienone is 1. The van der Waals surface area contributed by atoms with Gasteiger partial charge in [-0.3, -0.25) is 9.89 Å². The maximum atomic E-state index is 13.4. The first-order valence-electron chi connectivity index (χ1n) is 12.4. The number of aromatic nitrogens is 7. The number of anilines is 3. The molecule has 5 heterocycles. The lowest BCUT2D eigenvalue weighted by Gasteiger charge is -2.32. The topological polar surface area (TPSA) is 133 Å². The molecule has 1 aromatic carbocycles. The number of piperazine rings is 1. The third kappa shape index (κ3) is 3.99. The summed E-state index contributed by atoms with van der Waals surface area (Å²) in [4.78, 5) is 22.1. The molecule has 0 radical (unpaired) electrons. The molecule has 12 nitrogen and oxygen atoms in total. The lowest BCUT2D eigenvalue weighted by molar-refractivity contribution is -0.113. The van der Waals surface area contributed by atoms with Crippen LogP contribution in [0.25, 0.3) is 22.2 Å². The molecule has 0 bridgehead atoms. The van der Waals surface area contributed by atoms with Gasteiger partial charge in [-0.1, -0.05) is 5.10 Å². The SMILES string of the molecule is CC1=C(C(=O)Nc2ccc3[nH]nc(-c4ccnc(N5CCN[C@@H](C)C5)c4)c3c2)[C@@H](C)n2nnnc2N1C. The number of nitrogens with one attached hydrogen (secondary N) is 3. The fourth-order valence-corrected chi connectivity index (χ4v) is 5.16. The molecular weight excluding hydrogens is 470 g/mol. The lowest BCUT2D eigenvalue weighted by atomic mass is 10.0. The van der Waals surface area contributed by atoms with Crippen LogP contribution in [0.5, 0.6) is 0 Å². The zero-order valence-electron chi connectivity index (χ0n) is 21.2. The van der Waals surface area contributed by atoms with Crippen LogP contribution in [-0.2, 0) is 4.79 Å². The summed E-state index contributed by atoms with van der Waals surface area (Å²) in [6.45, 7) is 8.75. The molecular formula is C25H29N11O. The number of pyridine rings is 1. The molecule has 2 aliphatic rings. The fraction of sp³-hybridized carbons (Fsp3) is 0.360. The van der Waals surface area contributed by atoms with E-state index in [0.29, 0.717) is 23.3 Å². The number of aromatic amines is 1. The van der Waals surface area contributed by atoms with Crippen LogP contribution >= 0.6 is 0 Å². The van der Waals surface area contributed by atoms with Crippen LogP contribution in [0.3, 0.4) is 0 Å². The predicted molar refractivity (Wildman–Crippen MR) is 141 cm³/mol. The van der Waals surface area contributed by atoms with Crippen molar-refractivity contribution in [2.45, 2.75) is 32.9 Å². The summed E-state index contributed by atoms with van der Waals surface area (Å²) in [7, 11) is 1.85. The summed E-state index contributed by atoms with van der Waals surface area (Å²) < 4.78 is 1.65. The van der Waals surface area contributed by atoms with Crippen LogP contribution in [0.4, 0.5) is 17.5 Å². The van der Waals surface area contributed by atoms with Crippen LogP contribution in [0.2, 0.25) is 0 Å². The molecule has 6 rings (SSSR count). The molecule has 37 heavy (non-hydrogen) atoms. The highest BCUT2D eigenvalue weighted by atomic mass is 16.1. The van der Waals surface area contributed by atoms with Crippen molar-refractivity contribution in [1.29, 1.82) is 0 Å². The first-order valence-corrected chi connectivity index (χ1v) is 12.4. The normalized spacial score (nSPS) is 19.9. The second-order valence-electron chi connectivity index (χ2n) is 9.65. The van der Waals surface area contributed by atoms with Gasteiger partial charge in [0.25, 0.3) is 5.91 Å². The standard InChI is InChI=1S/C25H29N11O/c1-14-13-35(10-9-26-14)21-11-17(7-8-27-21)23-19-12-18(5-6-20(19)29-30-23)28-24(37)22-15(2)34(4)25-31-32-33-36(25)16(22)3/h5-8,11-12,14,16,26H,9-10,13H2,1-4H3,(H,28,37)(H,29,30)/t14-,16+/m0/s1. The van der Waals surface area contributed by atoms with Gasteiger partial charge in [0.05, 0.1) is 17.1 Å². The van der Waals surface area contributed by atoms with Gasteiger partial charge >= 0.3 is 0 Å². The van der Waals surface area contributed by atoms with Gasteiger partial charge in [0, 0.05) is 61.3 Å². The van der Waals surface area contributed by atoms with Crippen molar-refractivity contribution in [2.24, 2.45) is 0 Å². The molecule has 1 saturated heterocycles. The quantitative estimate of drug-likeness (QED) is 0.387. The third-order valence-electron chi connectivity index (χ3n) is 7.23. The number of carbonyl (C=O) groups excluding carboxylic acids is 1. The van der Waals surface area contributed by atoms with Crippen molar-refractivity contribution in [3.8, 4) is 11.3 Å². The number of hydrogen-bond donors (Lipinski definition) is 3. The first kappa shape index (κ1) is 23.1. The minimum Gasteiger partial charge on any atom is -0.354 e. The number of tetrazole rings is 1. The molecule has 0 saturated carbocycles. The summed E-state index contributed by atoms with van der Waals surface area (Å²) in [6, 6.07) is 9.92. The maximum absolute atomic E-state index is 13.4. The molecule has 3 aromatic heterocycles. The van der Waals surface area contributed by atoms with Crippen molar-refractivity contribution >= 4 is 34.3 Å². The summed E-state index contributed by atoms with van der Waals surface area (Å²) in [6.07, 6.45) is 1.83. The molecule has 1 amide bonds. The van der Waals surface area contributed by atoms with E-state index >= 15 is 0 Å². The molecule has 1 fully saturated rings. The Morgan fingerprint density at radius 1 is 1.19 bits per heavy atom. The molecule has 2 aliphatic heterocycles. The van der Waals surface area contributed by atoms with Gasteiger partial charge in [0.15, 0.2) is 0 Å². The van der Waals surface area contributed by atoms with Gasteiger partial charge in [-0.15, -0.1) is 0 Å². The van der Waals surface area contributed by atoms with Gasteiger partial charge in [0.2, 0.25) is 5.95 Å². The molecule has 0 spiro atoms. The van der Waals surface area contributed by atoms with E-state index in [4.69, 9.17) is 0 Å². The zero-order chi connectivity index (χ0) is 25.7.